The van der Waals surface area contributed by atoms with Crippen molar-refractivity contribution in [2.24, 2.45) is 0 Å². The Morgan fingerprint density at radius 1 is 1.33 bits per heavy atom. The first-order valence-corrected chi connectivity index (χ1v) is 9.01. The van der Waals surface area contributed by atoms with Gasteiger partial charge in [-0.1, -0.05) is 22.0 Å². The van der Waals surface area contributed by atoms with Crippen molar-refractivity contribution in [3.8, 4) is 0 Å². The lowest BCUT2D eigenvalue weighted by Gasteiger charge is -2.17. The molecule has 1 fully saturated rings. The smallest absolute Gasteiger partial charge is 0.129 e. The van der Waals surface area contributed by atoms with Crippen molar-refractivity contribution in [2.45, 2.75) is 44.2 Å². The normalized spacial score (nSPS) is 18.8. The minimum absolute atomic E-state index is 0.110. The van der Waals surface area contributed by atoms with Crippen molar-refractivity contribution >= 4 is 27.3 Å². The molecule has 1 heterocycles. The first-order chi connectivity index (χ1) is 10.2. The number of aryl methyl sites for hydroxylation is 2. The summed E-state index contributed by atoms with van der Waals surface area (Å²) in [5, 5.41) is 4.59. The van der Waals surface area contributed by atoms with Gasteiger partial charge in [0, 0.05) is 21.0 Å². The number of fused-ring (bicyclic) bond motifs is 1. The predicted molar refractivity (Wildman–Crippen MR) is 86.2 cm³/mol. The third-order valence-electron chi connectivity index (χ3n) is 4.11. The van der Waals surface area contributed by atoms with Gasteiger partial charge in [-0.05, 0) is 44.2 Å². The Bertz CT molecular complexity index is 659. The molecule has 1 aromatic heterocycles. The van der Waals surface area contributed by atoms with Crippen LogP contribution in [0.15, 0.2) is 22.7 Å². The fourth-order valence-corrected chi connectivity index (χ4v) is 4.42. The molecule has 0 spiro atoms. The molecule has 4 rings (SSSR count). The molecule has 0 bridgehead atoms. The summed E-state index contributed by atoms with van der Waals surface area (Å²) >= 11 is 5.08. The molecular weight excluding hydrogens is 351 g/mol. The maximum absolute atomic E-state index is 14.4. The number of thiazole rings is 1. The number of nitrogens with zero attached hydrogens (tertiary/aromatic N) is 1. The molecule has 1 N–H and O–H groups in total. The van der Waals surface area contributed by atoms with E-state index in [4.69, 9.17) is 4.98 Å². The fourth-order valence-electron chi connectivity index (χ4n) is 2.85. The molecule has 0 aliphatic heterocycles. The molecule has 110 valence electrons. The van der Waals surface area contributed by atoms with Crippen molar-refractivity contribution < 1.29 is 4.39 Å². The molecule has 5 heteroatoms. The molecule has 1 saturated carbocycles. The first-order valence-electron chi connectivity index (χ1n) is 7.40. The maximum atomic E-state index is 14.4. The van der Waals surface area contributed by atoms with E-state index in [1.165, 1.54) is 35.9 Å². The Kier molecular flexibility index (Phi) is 3.59. The summed E-state index contributed by atoms with van der Waals surface area (Å²) in [5.74, 6) is -0.169. The highest BCUT2D eigenvalue weighted by molar-refractivity contribution is 9.10. The van der Waals surface area contributed by atoms with Gasteiger partial charge in [0.15, 0.2) is 0 Å². The standard InChI is InChI=1S/C16H16BrFN2S/c17-9-4-7-11(12(18)8-9)15(19-10-5-6-10)16-20-13-2-1-3-14(13)21-16/h4,7-8,10,15,19H,1-3,5-6H2. The van der Waals surface area contributed by atoms with E-state index in [-0.39, 0.29) is 11.9 Å². The molecular formula is C16H16BrFN2S. The van der Waals surface area contributed by atoms with Crippen molar-refractivity contribution in [2.75, 3.05) is 0 Å². The van der Waals surface area contributed by atoms with Gasteiger partial charge < -0.3 is 5.32 Å². The van der Waals surface area contributed by atoms with E-state index < -0.39 is 0 Å². The Morgan fingerprint density at radius 2 is 2.19 bits per heavy atom. The van der Waals surface area contributed by atoms with E-state index in [1.807, 2.05) is 12.1 Å². The van der Waals surface area contributed by atoms with Crippen LogP contribution in [0.5, 0.6) is 0 Å². The SMILES string of the molecule is Fc1cc(Br)ccc1C(NC1CC1)c1nc2c(s1)CCC2. The van der Waals surface area contributed by atoms with Gasteiger partial charge in [-0.15, -0.1) is 11.3 Å². The van der Waals surface area contributed by atoms with Gasteiger partial charge >= 0.3 is 0 Å². The molecule has 2 nitrogen and oxygen atoms in total. The lowest BCUT2D eigenvalue weighted by molar-refractivity contribution is 0.543. The summed E-state index contributed by atoms with van der Waals surface area (Å²) < 4.78 is 15.1. The van der Waals surface area contributed by atoms with E-state index in [0.29, 0.717) is 11.6 Å². The average molecular weight is 367 g/mol. The molecule has 1 aromatic carbocycles. The summed E-state index contributed by atoms with van der Waals surface area (Å²) in [6.07, 6.45) is 5.78. The van der Waals surface area contributed by atoms with Crippen LogP contribution in [-0.2, 0) is 12.8 Å². The molecule has 1 unspecified atom stereocenters. The molecule has 0 radical (unpaired) electrons. The Labute approximate surface area is 135 Å². The van der Waals surface area contributed by atoms with Gasteiger partial charge in [0.1, 0.15) is 10.8 Å². The zero-order chi connectivity index (χ0) is 14.4. The number of rotatable bonds is 4. The van der Waals surface area contributed by atoms with Crippen LogP contribution in [0.1, 0.15) is 46.4 Å². The van der Waals surface area contributed by atoms with E-state index in [2.05, 4.69) is 21.2 Å². The lowest BCUT2D eigenvalue weighted by Crippen LogP contribution is -2.25. The summed E-state index contributed by atoms with van der Waals surface area (Å²) in [6.45, 7) is 0. The maximum Gasteiger partial charge on any atom is 0.129 e. The van der Waals surface area contributed by atoms with E-state index in [1.54, 1.807) is 11.3 Å². The highest BCUT2D eigenvalue weighted by atomic mass is 79.9. The topological polar surface area (TPSA) is 24.9 Å². The number of hydrogen-bond donors (Lipinski definition) is 1. The fraction of sp³-hybridized carbons (Fsp3) is 0.438. The van der Waals surface area contributed by atoms with Crippen LogP contribution in [0.3, 0.4) is 0 Å². The van der Waals surface area contributed by atoms with Crippen LogP contribution in [-0.4, -0.2) is 11.0 Å². The van der Waals surface area contributed by atoms with Crippen molar-refractivity contribution in [3.05, 3.63) is 49.6 Å². The van der Waals surface area contributed by atoms with Gasteiger partial charge in [-0.25, -0.2) is 9.37 Å². The number of halogens is 2. The largest absolute Gasteiger partial charge is 0.301 e. The highest BCUT2D eigenvalue weighted by Crippen LogP contribution is 2.36. The second kappa shape index (κ2) is 5.45. The quantitative estimate of drug-likeness (QED) is 0.868. The molecule has 0 saturated heterocycles. The van der Waals surface area contributed by atoms with Gasteiger partial charge in [0.25, 0.3) is 0 Å². The van der Waals surface area contributed by atoms with Crippen LogP contribution < -0.4 is 5.32 Å². The number of nitrogens with one attached hydrogen (secondary N) is 1. The molecule has 1 atom stereocenters. The van der Waals surface area contributed by atoms with Crippen LogP contribution in [0.4, 0.5) is 4.39 Å². The van der Waals surface area contributed by atoms with Gasteiger partial charge in [0.2, 0.25) is 0 Å². The average Bonchev–Trinajstić information content (AvgIpc) is 3.00. The Balaban J connectivity index is 1.72. The second-order valence-electron chi connectivity index (χ2n) is 5.82. The minimum Gasteiger partial charge on any atom is -0.301 e. The van der Waals surface area contributed by atoms with Crippen molar-refractivity contribution in [3.63, 3.8) is 0 Å². The first kappa shape index (κ1) is 13.9. The predicted octanol–water partition coefficient (Wildman–Crippen LogP) is 4.37. The van der Waals surface area contributed by atoms with Crippen LogP contribution in [0, 0.1) is 5.82 Å². The minimum atomic E-state index is -0.169. The summed E-state index contributed by atoms with van der Waals surface area (Å²) in [7, 11) is 0. The second-order valence-corrected chi connectivity index (χ2v) is 7.85. The highest BCUT2D eigenvalue weighted by Gasteiger charge is 2.31. The van der Waals surface area contributed by atoms with Crippen LogP contribution >= 0.6 is 27.3 Å². The molecule has 21 heavy (non-hydrogen) atoms. The molecule has 0 amide bonds. The third-order valence-corrected chi connectivity index (χ3v) is 5.83. The van der Waals surface area contributed by atoms with Crippen molar-refractivity contribution in [1.82, 2.24) is 10.3 Å². The van der Waals surface area contributed by atoms with E-state index >= 15 is 0 Å². The zero-order valence-corrected chi connectivity index (χ0v) is 13.9. The summed E-state index contributed by atoms with van der Waals surface area (Å²) in [6, 6.07) is 5.71. The van der Waals surface area contributed by atoms with Crippen molar-refractivity contribution in [1.29, 1.82) is 0 Å². The van der Waals surface area contributed by atoms with Crippen LogP contribution in [0.2, 0.25) is 0 Å². The summed E-state index contributed by atoms with van der Waals surface area (Å²) in [5.41, 5.74) is 1.94. The van der Waals surface area contributed by atoms with Gasteiger partial charge in [-0.2, -0.15) is 0 Å². The number of benzene rings is 1. The van der Waals surface area contributed by atoms with Gasteiger partial charge in [-0.3, -0.25) is 0 Å². The lowest BCUT2D eigenvalue weighted by atomic mass is 10.1. The van der Waals surface area contributed by atoms with E-state index in [9.17, 15) is 4.39 Å². The monoisotopic (exact) mass is 366 g/mol. The van der Waals surface area contributed by atoms with Gasteiger partial charge in [0.05, 0.1) is 11.7 Å². The third kappa shape index (κ3) is 2.79. The zero-order valence-electron chi connectivity index (χ0n) is 11.5. The Hall–Kier alpha value is -0.780. The number of aromatic nitrogens is 1. The summed E-state index contributed by atoms with van der Waals surface area (Å²) in [4.78, 5) is 6.18. The molecule has 2 aromatic rings. The molecule has 2 aliphatic carbocycles. The Morgan fingerprint density at radius 3 is 2.90 bits per heavy atom. The van der Waals surface area contributed by atoms with E-state index in [0.717, 1.165) is 22.3 Å². The molecule has 2 aliphatic rings. The van der Waals surface area contributed by atoms with Crippen LogP contribution in [0.25, 0.3) is 0 Å². The number of hydrogen-bond acceptors (Lipinski definition) is 3.